The molecule has 1 fully saturated rings. The van der Waals surface area contributed by atoms with Crippen molar-refractivity contribution in [1.82, 2.24) is 4.90 Å². The van der Waals surface area contributed by atoms with Crippen molar-refractivity contribution in [3.8, 4) is 0 Å². The Morgan fingerprint density at radius 2 is 2.00 bits per heavy atom. The highest BCUT2D eigenvalue weighted by molar-refractivity contribution is 7.80. The lowest BCUT2D eigenvalue weighted by atomic mass is 10.1. The van der Waals surface area contributed by atoms with E-state index in [2.05, 4.69) is 0 Å². The number of β-amino-alcohol motifs (C(OH)–C–C–N with tert-alkyl or cyclic N) is 2. The first-order valence-electron chi connectivity index (χ1n) is 5.64. The van der Waals surface area contributed by atoms with Gasteiger partial charge in [-0.05, 0) is 6.07 Å². The first-order valence-corrected chi connectivity index (χ1v) is 6.05. The molecular formula is C12H15FN2O2S. The lowest BCUT2D eigenvalue weighted by Gasteiger charge is -2.16. The summed E-state index contributed by atoms with van der Waals surface area (Å²) in [6.45, 7) is 0.978. The van der Waals surface area contributed by atoms with Crippen LogP contribution in [0.5, 0.6) is 0 Å². The van der Waals surface area contributed by atoms with Crippen LogP contribution in [0.3, 0.4) is 0 Å². The second kappa shape index (κ2) is 5.27. The lowest BCUT2D eigenvalue weighted by molar-refractivity contribution is 0.0572. The van der Waals surface area contributed by atoms with Crippen LogP contribution < -0.4 is 5.73 Å². The average molecular weight is 270 g/mol. The van der Waals surface area contributed by atoms with E-state index in [0.717, 1.165) is 0 Å². The van der Waals surface area contributed by atoms with Crippen LogP contribution in [0.15, 0.2) is 18.2 Å². The van der Waals surface area contributed by atoms with E-state index in [9.17, 15) is 14.6 Å². The number of benzene rings is 1. The number of aliphatic hydroxyl groups excluding tert-OH is 2. The van der Waals surface area contributed by atoms with Crippen LogP contribution in [0.4, 0.5) is 4.39 Å². The van der Waals surface area contributed by atoms with Crippen LogP contribution in [0, 0.1) is 5.82 Å². The molecule has 1 aliphatic heterocycles. The second-order valence-electron chi connectivity index (χ2n) is 4.47. The molecule has 0 bridgehead atoms. The van der Waals surface area contributed by atoms with E-state index in [0.29, 0.717) is 25.2 Å². The predicted octanol–water partition coefficient (Wildman–Crippen LogP) is -0.00270. The van der Waals surface area contributed by atoms with Crippen molar-refractivity contribution in [3.05, 3.63) is 35.1 Å². The summed E-state index contributed by atoms with van der Waals surface area (Å²) in [6.07, 6.45) is -1.54. The van der Waals surface area contributed by atoms with Gasteiger partial charge in [-0.25, -0.2) is 4.39 Å². The minimum Gasteiger partial charge on any atom is -0.389 e. The van der Waals surface area contributed by atoms with Gasteiger partial charge in [-0.1, -0.05) is 24.4 Å². The van der Waals surface area contributed by atoms with Gasteiger partial charge >= 0.3 is 0 Å². The molecule has 6 heteroatoms. The SMILES string of the molecule is NC(=S)c1cccc(CN2CC(O)C(O)C2)c1F. The lowest BCUT2D eigenvalue weighted by Crippen LogP contribution is -2.23. The smallest absolute Gasteiger partial charge is 0.137 e. The number of thiocarbonyl (C=S) groups is 1. The molecule has 4 N–H and O–H groups in total. The Kier molecular flexibility index (Phi) is 3.91. The molecule has 0 saturated carbocycles. The molecule has 1 heterocycles. The minimum atomic E-state index is -0.771. The summed E-state index contributed by atoms with van der Waals surface area (Å²) in [6, 6.07) is 4.87. The largest absolute Gasteiger partial charge is 0.389 e. The molecule has 2 unspecified atom stereocenters. The van der Waals surface area contributed by atoms with Crippen LogP contribution in [0.25, 0.3) is 0 Å². The fourth-order valence-electron chi connectivity index (χ4n) is 2.11. The third-order valence-electron chi connectivity index (χ3n) is 3.07. The Balaban J connectivity index is 2.15. The number of nitrogens with two attached hydrogens (primary N) is 1. The van der Waals surface area contributed by atoms with Gasteiger partial charge in [0, 0.05) is 30.8 Å². The fraction of sp³-hybridized carbons (Fsp3) is 0.417. The molecule has 0 aromatic heterocycles. The number of halogens is 1. The Morgan fingerprint density at radius 3 is 2.56 bits per heavy atom. The van der Waals surface area contributed by atoms with Crippen molar-refractivity contribution in [1.29, 1.82) is 0 Å². The molecule has 0 aliphatic carbocycles. The third-order valence-corrected chi connectivity index (χ3v) is 3.29. The van der Waals surface area contributed by atoms with Crippen molar-refractivity contribution in [2.24, 2.45) is 5.73 Å². The summed E-state index contributed by atoms with van der Waals surface area (Å²) in [4.78, 5) is 1.81. The summed E-state index contributed by atoms with van der Waals surface area (Å²) >= 11 is 4.77. The third kappa shape index (κ3) is 2.67. The maximum Gasteiger partial charge on any atom is 0.137 e. The molecule has 1 aliphatic rings. The standard InChI is InChI=1S/C12H15FN2O2S/c13-11-7(2-1-3-8(11)12(14)18)4-15-5-9(16)10(17)6-15/h1-3,9-10,16-17H,4-6H2,(H2,14,18). The molecule has 2 rings (SSSR count). The van der Waals surface area contributed by atoms with Crippen molar-refractivity contribution in [2.45, 2.75) is 18.8 Å². The highest BCUT2D eigenvalue weighted by Gasteiger charge is 2.29. The fourth-order valence-corrected chi connectivity index (χ4v) is 2.27. The van der Waals surface area contributed by atoms with Crippen molar-refractivity contribution in [2.75, 3.05) is 13.1 Å². The van der Waals surface area contributed by atoms with Gasteiger partial charge in [0.1, 0.15) is 10.8 Å². The second-order valence-corrected chi connectivity index (χ2v) is 4.91. The number of aliphatic hydroxyl groups is 2. The quantitative estimate of drug-likeness (QED) is 0.674. The van der Waals surface area contributed by atoms with Crippen LogP contribution in [-0.2, 0) is 6.54 Å². The van der Waals surface area contributed by atoms with E-state index in [4.69, 9.17) is 18.0 Å². The topological polar surface area (TPSA) is 69.7 Å². The number of nitrogens with zero attached hydrogens (tertiary/aromatic N) is 1. The molecular weight excluding hydrogens is 255 g/mol. The average Bonchev–Trinajstić information content (AvgIpc) is 2.60. The Labute approximate surface area is 110 Å². The van der Waals surface area contributed by atoms with Crippen molar-refractivity contribution >= 4 is 17.2 Å². The normalized spacial score (nSPS) is 24.4. The maximum absolute atomic E-state index is 14.1. The highest BCUT2D eigenvalue weighted by atomic mass is 32.1. The summed E-state index contributed by atoms with van der Waals surface area (Å²) in [7, 11) is 0. The Morgan fingerprint density at radius 1 is 1.39 bits per heavy atom. The van der Waals surface area contributed by atoms with E-state index < -0.39 is 18.0 Å². The van der Waals surface area contributed by atoms with Crippen molar-refractivity contribution in [3.63, 3.8) is 0 Å². The molecule has 1 aromatic rings. The molecule has 1 saturated heterocycles. The first-order chi connectivity index (χ1) is 8.49. The van der Waals surface area contributed by atoms with Crippen molar-refractivity contribution < 1.29 is 14.6 Å². The van der Waals surface area contributed by atoms with Crippen LogP contribution in [-0.4, -0.2) is 45.4 Å². The van der Waals surface area contributed by atoms with Crippen LogP contribution in [0.2, 0.25) is 0 Å². The van der Waals surface area contributed by atoms with E-state index in [-0.39, 0.29) is 10.6 Å². The van der Waals surface area contributed by atoms with Gasteiger partial charge in [-0.2, -0.15) is 0 Å². The molecule has 2 atom stereocenters. The molecule has 98 valence electrons. The maximum atomic E-state index is 14.1. The van der Waals surface area contributed by atoms with Gasteiger partial charge in [0.15, 0.2) is 0 Å². The summed E-state index contributed by atoms with van der Waals surface area (Å²) in [5.74, 6) is -0.430. The van der Waals surface area contributed by atoms with Crippen LogP contribution in [0.1, 0.15) is 11.1 Å². The van der Waals surface area contributed by atoms with Gasteiger partial charge in [0.25, 0.3) is 0 Å². The molecule has 0 spiro atoms. The number of rotatable bonds is 3. The zero-order valence-corrected chi connectivity index (χ0v) is 10.5. The number of hydrogen-bond donors (Lipinski definition) is 3. The van der Waals surface area contributed by atoms with E-state index in [1.54, 1.807) is 17.0 Å². The first kappa shape index (κ1) is 13.4. The number of hydrogen-bond acceptors (Lipinski definition) is 4. The summed E-state index contributed by atoms with van der Waals surface area (Å²) < 4.78 is 14.1. The Bertz CT molecular complexity index is 459. The van der Waals surface area contributed by atoms with Gasteiger partial charge < -0.3 is 15.9 Å². The van der Waals surface area contributed by atoms with Gasteiger partial charge in [0.2, 0.25) is 0 Å². The van der Waals surface area contributed by atoms with Gasteiger partial charge in [-0.15, -0.1) is 0 Å². The molecule has 4 nitrogen and oxygen atoms in total. The Hall–Kier alpha value is -1.08. The summed E-state index contributed by atoms with van der Waals surface area (Å²) in [5, 5.41) is 18.9. The van der Waals surface area contributed by atoms with Gasteiger partial charge in [0.05, 0.1) is 12.2 Å². The van der Waals surface area contributed by atoms with E-state index in [1.165, 1.54) is 6.07 Å². The summed E-state index contributed by atoms with van der Waals surface area (Å²) in [5.41, 5.74) is 6.12. The van der Waals surface area contributed by atoms with E-state index in [1.807, 2.05) is 0 Å². The monoisotopic (exact) mass is 270 g/mol. The molecule has 18 heavy (non-hydrogen) atoms. The van der Waals surface area contributed by atoms with Gasteiger partial charge in [-0.3, -0.25) is 4.90 Å². The number of likely N-dealkylation sites (tertiary alicyclic amines) is 1. The predicted molar refractivity (Wildman–Crippen MR) is 69.6 cm³/mol. The molecule has 0 radical (unpaired) electrons. The highest BCUT2D eigenvalue weighted by Crippen LogP contribution is 2.18. The molecule has 1 aromatic carbocycles. The van der Waals surface area contributed by atoms with E-state index >= 15 is 0 Å². The zero-order valence-electron chi connectivity index (χ0n) is 9.71. The molecule has 0 amide bonds. The van der Waals surface area contributed by atoms with Crippen LogP contribution >= 0.6 is 12.2 Å². The minimum absolute atomic E-state index is 0.0239. The zero-order chi connectivity index (χ0) is 13.3.